The van der Waals surface area contributed by atoms with Gasteiger partial charge in [0, 0.05) is 23.5 Å². The highest BCUT2D eigenvalue weighted by atomic mass is 14.9. The molecule has 0 atom stereocenters. The Kier molecular flexibility index (Phi) is 8.52. The lowest BCUT2D eigenvalue weighted by atomic mass is 9.70. The summed E-state index contributed by atoms with van der Waals surface area (Å²) in [6.45, 7) is 4.12. The lowest BCUT2D eigenvalue weighted by Gasteiger charge is -2.31. The maximum atomic E-state index is 5.18. The van der Waals surface area contributed by atoms with E-state index in [1.165, 1.54) is 89.0 Å². The van der Waals surface area contributed by atoms with Crippen LogP contribution in [0.15, 0.2) is 213 Å². The minimum atomic E-state index is -0.510. The minimum Gasteiger partial charge on any atom is -0.264 e. The number of aromatic nitrogens is 3. The summed E-state index contributed by atoms with van der Waals surface area (Å²) in [5.74, 6) is 0.743. The minimum absolute atomic E-state index is 0.510. The lowest BCUT2D eigenvalue weighted by molar-refractivity contribution is 0.794. The Morgan fingerprint density at radius 1 is 0.333 bits per heavy atom. The van der Waals surface area contributed by atoms with Crippen molar-refractivity contribution in [2.75, 3.05) is 0 Å². The van der Waals surface area contributed by atoms with E-state index in [2.05, 4.69) is 212 Å². The largest absolute Gasteiger partial charge is 0.264 e. The molecule has 12 rings (SSSR count). The van der Waals surface area contributed by atoms with Crippen molar-refractivity contribution in [1.29, 1.82) is 0 Å². The van der Waals surface area contributed by atoms with Crippen LogP contribution in [0.1, 0.15) is 33.6 Å². The van der Waals surface area contributed by atoms with Crippen LogP contribution in [-0.4, -0.2) is 15.0 Å². The van der Waals surface area contributed by atoms with Gasteiger partial charge in [-0.25, -0.2) is 9.97 Å². The third-order valence-corrected chi connectivity index (χ3v) is 13.2. The van der Waals surface area contributed by atoms with E-state index in [-0.39, 0.29) is 0 Å². The number of fused-ring (bicyclic) bond motifs is 10. The maximum absolute atomic E-state index is 5.18. The second kappa shape index (κ2) is 14.6. The molecule has 10 aromatic rings. The third-order valence-electron chi connectivity index (χ3n) is 13.2. The summed E-state index contributed by atoms with van der Waals surface area (Å²) in [4.78, 5) is 14.5. The van der Waals surface area contributed by atoms with Gasteiger partial charge in [-0.1, -0.05) is 170 Å². The molecule has 0 saturated heterocycles. The molecule has 2 aromatic heterocycles. The molecule has 0 aliphatic heterocycles. The molecule has 2 heterocycles. The predicted molar refractivity (Wildman–Crippen MR) is 258 cm³/mol. The van der Waals surface area contributed by atoms with E-state index in [9.17, 15) is 0 Å². The molecular weight excluding hydrogens is 763 g/mol. The first kappa shape index (κ1) is 36.8. The first-order valence-corrected chi connectivity index (χ1v) is 21.7. The summed E-state index contributed by atoms with van der Waals surface area (Å²) in [5, 5.41) is 0. The second-order valence-electron chi connectivity index (χ2n) is 16.8. The van der Waals surface area contributed by atoms with Crippen LogP contribution in [0.25, 0.3) is 89.3 Å². The summed E-state index contributed by atoms with van der Waals surface area (Å²) < 4.78 is 0. The molecule has 2 aliphatic rings. The summed E-state index contributed by atoms with van der Waals surface area (Å²) >= 11 is 0. The van der Waals surface area contributed by atoms with Crippen LogP contribution in [0.3, 0.4) is 0 Å². The number of hydrogen-bond donors (Lipinski definition) is 0. The molecule has 0 fully saturated rings. The normalized spacial score (nSPS) is 12.7. The van der Waals surface area contributed by atoms with Gasteiger partial charge in [-0.3, -0.25) is 4.98 Å². The fourth-order valence-electron chi connectivity index (χ4n) is 10.4. The van der Waals surface area contributed by atoms with E-state index in [0.29, 0.717) is 0 Å². The topological polar surface area (TPSA) is 38.7 Å². The standard InChI is InChI=1S/C60H41N3/c1-38-37-61-32-31-48(38)46-17-10-15-43(33-46)41-25-27-42(28-26-41)45-29-30-51-56(35-45)60(53-22-8-6-19-49(53)50-20-7-9-23-54(50)60)55-24-12-21-52(59(51)55)58-36-57(62-39(2)63-58)47-18-11-16-44(34-47)40-13-4-3-5-14-40/h3-37H,1-2H3. The molecule has 3 nitrogen and oxygen atoms in total. The molecule has 2 aliphatic carbocycles. The third kappa shape index (κ3) is 5.85. The van der Waals surface area contributed by atoms with Crippen molar-refractivity contribution in [2.24, 2.45) is 0 Å². The van der Waals surface area contributed by atoms with E-state index < -0.39 is 5.41 Å². The average Bonchev–Trinajstić information content (AvgIpc) is 3.81. The highest BCUT2D eigenvalue weighted by Crippen LogP contribution is 2.64. The van der Waals surface area contributed by atoms with Crippen molar-refractivity contribution >= 4 is 0 Å². The number of pyridine rings is 1. The van der Waals surface area contributed by atoms with Gasteiger partial charge < -0.3 is 0 Å². The Labute approximate surface area is 368 Å². The molecule has 0 saturated carbocycles. The fourth-order valence-corrected chi connectivity index (χ4v) is 10.4. The van der Waals surface area contributed by atoms with Gasteiger partial charge in [-0.2, -0.15) is 0 Å². The van der Waals surface area contributed by atoms with E-state index in [4.69, 9.17) is 9.97 Å². The molecular formula is C60H41N3. The van der Waals surface area contributed by atoms with Crippen molar-refractivity contribution < 1.29 is 0 Å². The summed E-state index contributed by atoms with van der Waals surface area (Å²) in [6, 6.07) is 73.3. The zero-order valence-corrected chi connectivity index (χ0v) is 35.0. The smallest absolute Gasteiger partial charge is 0.126 e. The Morgan fingerprint density at radius 2 is 0.857 bits per heavy atom. The van der Waals surface area contributed by atoms with Gasteiger partial charge in [-0.15, -0.1) is 0 Å². The fraction of sp³-hybridized carbons (Fsp3) is 0.0500. The van der Waals surface area contributed by atoms with Crippen molar-refractivity contribution in [2.45, 2.75) is 19.3 Å². The van der Waals surface area contributed by atoms with Crippen LogP contribution in [0.5, 0.6) is 0 Å². The summed E-state index contributed by atoms with van der Waals surface area (Å²) in [6.07, 6.45) is 3.80. The van der Waals surface area contributed by atoms with Crippen molar-refractivity contribution in [1.82, 2.24) is 15.0 Å². The highest BCUT2D eigenvalue weighted by molar-refractivity contribution is 6.00. The van der Waals surface area contributed by atoms with Gasteiger partial charge in [0.1, 0.15) is 5.82 Å². The van der Waals surface area contributed by atoms with E-state index in [1.807, 2.05) is 19.3 Å². The van der Waals surface area contributed by atoms with Gasteiger partial charge in [0.25, 0.3) is 0 Å². The number of aryl methyl sites for hydroxylation is 2. The van der Waals surface area contributed by atoms with Crippen molar-refractivity contribution in [3.63, 3.8) is 0 Å². The Morgan fingerprint density at radius 3 is 1.57 bits per heavy atom. The molecule has 3 heteroatoms. The highest BCUT2D eigenvalue weighted by Gasteiger charge is 2.52. The Bertz CT molecular complexity index is 3370. The van der Waals surface area contributed by atoms with Gasteiger partial charge in [-0.05, 0) is 139 Å². The molecule has 0 radical (unpaired) electrons. The van der Waals surface area contributed by atoms with Crippen LogP contribution in [0.2, 0.25) is 0 Å². The zero-order chi connectivity index (χ0) is 42.1. The van der Waals surface area contributed by atoms with Gasteiger partial charge in [0.2, 0.25) is 0 Å². The molecule has 296 valence electrons. The first-order valence-electron chi connectivity index (χ1n) is 21.7. The molecule has 0 amide bonds. The lowest BCUT2D eigenvalue weighted by Crippen LogP contribution is -2.25. The van der Waals surface area contributed by atoms with Gasteiger partial charge >= 0.3 is 0 Å². The molecule has 0 bridgehead atoms. The molecule has 8 aromatic carbocycles. The number of benzene rings is 8. The van der Waals surface area contributed by atoms with Crippen LogP contribution in [-0.2, 0) is 5.41 Å². The quantitative estimate of drug-likeness (QED) is 0.168. The van der Waals surface area contributed by atoms with Crippen LogP contribution in [0, 0.1) is 13.8 Å². The summed E-state index contributed by atoms with van der Waals surface area (Å²) in [5.41, 5.74) is 24.4. The summed E-state index contributed by atoms with van der Waals surface area (Å²) in [7, 11) is 0. The van der Waals surface area contributed by atoms with E-state index >= 15 is 0 Å². The molecule has 0 N–H and O–H groups in total. The van der Waals surface area contributed by atoms with Crippen molar-refractivity contribution in [3.8, 4) is 89.3 Å². The molecule has 63 heavy (non-hydrogen) atoms. The van der Waals surface area contributed by atoms with Gasteiger partial charge in [0.15, 0.2) is 0 Å². The van der Waals surface area contributed by atoms with Crippen LogP contribution in [0.4, 0.5) is 0 Å². The van der Waals surface area contributed by atoms with E-state index in [1.54, 1.807) is 0 Å². The zero-order valence-electron chi connectivity index (χ0n) is 35.0. The number of nitrogens with zero attached hydrogens (tertiary/aromatic N) is 3. The Hall–Kier alpha value is -8.01. The number of hydrogen-bond acceptors (Lipinski definition) is 3. The first-order chi connectivity index (χ1) is 31.0. The van der Waals surface area contributed by atoms with Gasteiger partial charge in [0.05, 0.1) is 16.8 Å². The average molecular weight is 804 g/mol. The van der Waals surface area contributed by atoms with Crippen LogP contribution >= 0.6 is 0 Å². The monoisotopic (exact) mass is 803 g/mol. The van der Waals surface area contributed by atoms with E-state index in [0.717, 1.165) is 33.9 Å². The Balaban J connectivity index is 1.01. The maximum Gasteiger partial charge on any atom is 0.126 e. The van der Waals surface area contributed by atoms with Crippen LogP contribution < -0.4 is 0 Å². The van der Waals surface area contributed by atoms with Crippen molar-refractivity contribution in [3.05, 3.63) is 246 Å². The predicted octanol–water partition coefficient (Wildman–Crippen LogP) is 14.8. The number of rotatable bonds is 6. The SMILES string of the molecule is Cc1nc(-c2cccc(-c3ccccc3)c2)cc(-c2cccc3c2-c2ccc(-c4ccc(-c5cccc(-c6ccncc6C)c5)cc4)cc2C32c3ccccc3-c3ccccc32)n1. The molecule has 1 spiro atoms. The molecule has 0 unspecified atom stereocenters. The second-order valence-corrected chi connectivity index (χ2v) is 16.8.